The van der Waals surface area contributed by atoms with E-state index >= 15 is 0 Å². The van der Waals surface area contributed by atoms with Crippen LogP contribution in [0, 0.1) is 10.1 Å². The Bertz CT molecular complexity index is 655. The lowest BCUT2D eigenvalue weighted by molar-refractivity contribution is -0.385. The smallest absolute Gasteiger partial charge is 0.358 e. The maximum atomic E-state index is 10.8. The number of nitro benzene ring substituents is 1. The number of rotatable bonds is 4. The number of nitro groups is 1. The highest BCUT2D eigenvalue weighted by Gasteiger charge is 2.16. The summed E-state index contributed by atoms with van der Waals surface area (Å²) in [6.45, 7) is 0.183. The topological polar surface area (TPSA) is 111 Å². The molecule has 0 atom stereocenters. The van der Waals surface area contributed by atoms with E-state index in [1.165, 1.54) is 16.9 Å². The van der Waals surface area contributed by atoms with Gasteiger partial charge in [-0.15, -0.1) is 5.10 Å². The van der Waals surface area contributed by atoms with Crippen molar-refractivity contribution in [2.45, 2.75) is 6.54 Å². The Labute approximate surface area is 114 Å². The zero-order chi connectivity index (χ0) is 14.0. The molecule has 8 nitrogen and oxygen atoms in total. The standard InChI is InChI=1S/C10H7BrN4O4/c11-9-6(2-1-3-8(9)15(18)19)4-14-5-7(10(16)17)12-13-14/h1-3,5H,4H2,(H,16,17). The molecule has 0 saturated carbocycles. The van der Waals surface area contributed by atoms with Gasteiger partial charge in [0, 0.05) is 6.07 Å². The van der Waals surface area contributed by atoms with Crippen molar-refractivity contribution in [3.05, 3.63) is 50.2 Å². The summed E-state index contributed by atoms with van der Waals surface area (Å²) in [5.41, 5.74) is 0.369. The van der Waals surface area contributed by atoms with Crippen LogP contribution in [-0.4, -0.2) is 31.0 Å². The van der Waals surface area contributed by atoms with E-state index in [0.717, 1.165) is 0 Å². The normalized spacial score (nSPS) is 10.4. The molecule has 0 unspecified atom stereocenters. The molecule has 2 rings (SSSR count). The number of aromatic carboxylic acids is 1. The lowest BCUT2D eigenvalue weighted by Crippen LogP contribution is -2.02. The molecule has 1 aromatic carbocycles. The minimum absolute atomic E-state index is 0.0592. The van der Waals surface area contributed by atoms with Crippen LogP contribution in [0.15, 0.2) is 28.9 Å². The molecule has 1 N–H and O–H groups in total. The average molecular weight is 327 g/mol. The number of carbonyl (C=O) groups is 1. The van der Waals surface area contributed by atoms with Crippen molar-refractivity contribution in [3.8, 4) is 0 Å². The van der Waals surface area contributed by atoms with E-state index in [2.05, 4.69) is 26.2 Å². The van der Waals surface area contributed by atoms with Gasteiger partial charge in [0.1, 0.15) is 4.47 Å². The van der Waals surface area contributed by atoms with Gasteiger partial charge in [0.25, 0.3) is 5.69 Å². The molecule has 0 radical (unpaired) electrons. The quantitative estimate of drug-likeness (QED) is 0.676. The van der Waals surface area contributed by atoms with Gasteiger partial charge in [-0.25, -0.2) is 9.48 Å². The number of carboxylic acids is 1. The number of benzene rings is 1. The van der Waals surface area contributed by atoms with Crippen LogP contribution in [0.25, 0.3) is 0 Å². The van der Waals surface area contributed by atoms with Crippen LogP contribution in [0.5, 0.6) is 0 Å². The highest BCUT2D eigenvalue weighted by atomic mass is 79.9. The maximum absolute atomic E-state index is 10.8. The lowest BCUT2D eigenvalue weighted by atomic mass is 10.2. The summed E-state index contributed by atoms with van der Waals surface area (Å²) in [7, 11) is 0. The molecular weight excluding hydrogens is 320 g/mol. The molecular formula is C10H7BrN4O4. The maximum Gasteiger partial charge on any atom is 0.358 e. The zero-order valence-corrected chi connectivity index (χ0v) is 10.9. The zero-order valence-electron chi connectivity index (χ0n) is 9.36. The van der Waals surface area contributed by atoms with Crippen molar-refractivity contribution in [2.24, 2.45) is 0 Å². The molecule has 0 aliphatic heterocycles. The Hall–Kier alpha value is -2.29. The van der Waals surface area contributed by atoms with Crippen molar-refractivity contribution in [3.63, 3.8) is 0 Å². The molecule has 0 aliphatic carbocycles. The molecule has 0 bridgehead atoms. The fourth-order valence-corrected chi connectivity index (χ4v) is 2.01. The first-order chi connectivity index (χ1) is 8.99. The second-order valence-corrected chi connectivity index (χ2v) is 4.41. The first-order valence-electron chi connectivity index (χ1n) is 5.04. The van der Waals surface area contributed by atoms with Gasteiger partial charge in [0.2, 0.25) is 0 Å². The molecule has 1 aromatic heterocycles. The highest BCUT2D eigenvalue weighted by molar-refractivity contribution is 9.10. The first kappa shape index (κ1) is 13.1. The van der Waals surface area contributed by atoms with Crippen molar-refractivity contribution in [1.29, 1.82) is 0 Å². The number of hydrogen-bond acceptors (Lipinski definition) is 5. The van der Waals surface area contributed by atoms with Crippen molar-refractivity contribution in [1.82, 2.24) is 15.0 Å². The predicted octanol–water partition coefficient (Wildman–Crippen LogP) is 1.70. The van der Waals surface area contributed by atoms with Gasteiger partial charge in [-0.1, -0.05) is 17.3 Å². The second kappa shape index (κ2) is 5.14. The van der Waals surface area contributed by atoms with E-state index in [1.807, 2.05) is 0 Å². The van der Waals surface area contributed by atoms with Gasteiger partial charge in [0.15, 0.2) is 5.69 Å². The van der Waals surface area contributed by atoms with Crippen molar-refractivity contribution < 1.29 is 14.8 Å². The molecule has 0 amide bonds. The Morgan fingerprint density at radius 3 is 2.84 bits per heavy atom. The van der Waals surface area contributed by atoms with Crippen LogP contribution < -0.4 is 0 Å². The summed E-state index contributed by atoms with van der Waals surface area (Å²) in [6, 6.07) is 4.60. The van der Waals surface area contributed by atoms with Crippen LogP contribution in [0.1, 0.15) is 16.1 Å². The minimum atomic E-state index is -1.18. The monoisotopic (exact) mass is 326 g/mol. The van der Waals surface area contributed by atoms with Gasteiger partial charge in [0.05, 0.1) is 17.7 Å². The van der Waals surface area contributed by atoms with E-state index in [-0.39, 0.29) is 17.9 Å². The summed E-state index contributed by atoms with van der Waals surface area (Å²) >= 11 is 3.16. The average Bonchev–Trinajstić information content (AvgIpc) is 2.80. The summed E-state index contributed by atoms with van der Waals surface area (Å²) < 4.78 is 1.64. The van der Waals surface area contributed by atoms with Crippen LogP contribution >= 0.6 is 15.9 Å². The molecule has 0 spiro atoms. The fraction of sp³-hybridized carbons (Fsp3) is 0.100. The summed E-state index contributed by atoms with van der Waals surface area (Å²) in [5.74, 6) is -1.18. The van der Waals surface area contributed by atoms with Gasteiger partial charge in [-0.05, 0) is 21.5 Å². The van der Waals surface area contributed by atoms with Crippen molar-refractivity contribution in [2.75, 3.05) is 0 Å². The molecule has 0 aliphatic rings. The number of nitrogens with zero attached hydrogens (tertiary/aromatic N) is 4. The fourth-order valence-electron chi connectivity index (χ4n) is 1.48. The molecule has 0 fully saturated rings. The Morgan fingerprint density at radius 1 is 1.53 bits per heavy atom. The highest BCUT2D eigenvalue weighted by Crippen LogP contribution is 2.28. The van der Waals surface area contributed by atoms with Gasteiger partial charge in [-0.2, -0.15) is 0 Å². The Morgan fingerprint density at radius 2 is 2.26 bits per heavy atom. The third-order valence-electron chi connectivity index (χ3n) is 2.35. The van der Waals surface area contributed by atoms with Gasteiger partial charge < -0.3 is 5.11 Å². The van der Waals surface area contributed by atoms with Gasteiger partial charge in [-0.3, -0.25) is 10.1 Å². The second-order valence-electron chi connectivity index (χ2n) is 3.61. The number of halogens is 1. The van der Waals surface area contributed by atoms with E-state index in [0.29, 0.717) is 10.0 Å². The van der Waals surface area contributed by atoms with E-state index in [9.17, 15) is 14.9 Å². The summed E-state index contributed by atoms with van der Waals surface area (Å²) in [5, 5.41) is 26.6. The Balaban J connectivity index is 2.30. The molecule has 2 aromatic rings. The van der Waals surface area contributed by atoms with Crippen molar-refractivity contribution >= 4 is 27.6 Å². The molecule has 9 heteroatoms. The van der Waals surface area contributed by atoms with E-state index < -0.39 is 10.9 Å². The number of aromatic nitrogens is 3. The van der Waals surface area contributed by atoms with Gasteiger partial charge >= 0.3 is 5.97 Å². The van der Waals surface area contributed by atoms with E-state index in [1.54, 1.807) is 12.1 Å². The summed E-state index contributed by atoms with van der Waals surface area (Å²) in [4.78, 5) is 20.9. The minimum Gasteiger partial charge on any atom is -0.476 e. The van der Waals surface area contributed by atoms with Crippen LogP contribution in [0.4, 0.5) is 5.69 Å². The number of hydrogen-bond donors (Lipinski definition) is 1. The van der Waals surface area contributed by atoms with Crippen LogP contribution in [0.2, 0.25) is 0 Å². The Kier molecular flexibility index (Phi) is 3.56. The predicted molar refractivity (Wildman–Crippen MR) is 66.9 cm³/mol. The third-order valence-corrected chi connectivity index (χ3v) is 3.26. The summed E-state index contributed by atoms with van der Waals surface area (Å²) in [6.07, 6.45) is 1.26. The third kappa shape index (κ3) is 2.76. The number of carboxylic acid groups (broad SMARTS) is 1. The SMILES string of the molecule is O=C(O)c1cn(Cc2cccc([N+](=O)[O-])c2Br)nn1. The van der Waals surface area contributed by atoms with Crippen LogP contribution in [-0.2, 0) is 6.54 Å². The van der Waals surface area contributed by atoms with Crippen LogP contribution in [0.3, 0.4) is 0 Å². The molecule has 0 saturated heterocycles. The molecule has 19 heavy (non-hydrogen) atoms. The molecule has 98 valence electrons. The largest absolute Gasteiger partial charge is 0.476 e. The lowest BCUT2D eigenvalue weighted by Gasteiger charge is -2.04. The molecule has 1 heterocycles. The first-order valence-corrected chi connectivity index (χ1v) is 5.83. The van der Waals surface area contributed by atoms with E-state index in [4.69, 9.17) is 5.11 Å².